The van der Waals surface area contributed by atoms with Crippen LogP contribution in [0.15, 0.2) is 55.5 Å². The number of nitrogens with zero attached hydrogens (tertiary/aromatic N) is 7. The fourth-order valence-electron chi connectivity index (χ4n) is 3.58. The molecule has 2 N–H and O–H groups in total. The molecule has 3 aromatic heterocycles. The maximum absolute atomic E-state index is 11.4. The van der Waals surface area contributed by atoms with E-state index in [-0.39, 0.29) is 11.9 Å². The lowest BCUT2D eigenvalue weighted by atomic mass is 10.2. The van der Waals surface area contributed by atoms with Gasteiger partial charge in [0.2, 0.25) is 11.9 Å². The van der Waals surface area contributed by atoms with Crippen molar-refractivity contribution in [3.8, 4) is 5.95 Å². The summed E-state index contributed by atoms with van der Waals surface area (Å²) in [5.41, 5.74) is 8.95. The van der Waals surface area contributed by atoms with Gasteiger partial charge in [0.25, 0.3) is 0 Å². The number of imidazole rings is 2. The third-order valence-electron chi connectivity index (χ3n) is 5.12. The predicted molar refractivity (Wildman–Crippen MR) is 114 cm³/mol. The van der Waals surface area contributed by atoms with Crippen LogP contribution in [0.4, 0.5) is 5.82 Å². The number of fused-ring (bicyclic) bond motifs is 1. The molecule has 1 atom stereocenters. The van der Waals surface area contributed by atoms with Crippen LogP contribution in [0.3, 0.4) is 0 Å². The number of nitrogens with two attached hydrogens (primary N) is 1. The number of rotatable bonds is 3. The summed E-state index contributed by atoms with van der Waals surface area (Å²) in [6.45, 7) is 2.86. The third-order valence-corrected chi connectivity index (χ3v) is 5.12. The Labute approximate surface area is 174 Å². The van der Waals surface area contributed by atoms with Crippen molar-refractivity contribution in [1.29, 1.82) is 0 Å². The highest BCUT2D eigenvalue weighted by Gasteiger charge is 2.30. The molecule has 1 saturated heterocycles. The van der Waals surface area contributed by atoms with E-state index in [1.54, 1.807) is 35.6 Å². The van der Waals surface area contributed by atoms with Gasteiger partial charge in [0, 0.05) is 32.2 Å². The summed E-state index contributed by atoms with van der Waals surface area (Å²) < 4.78 is 3.74. The van der Waals surface area contributed by atoms with Crippen LogP contribution in [0.5, 0.6) is 0 Å². The van der Waals surface area contributed by atoms with E-state index in [9.17, 15) is 4.79 Å². The van der Waals surface area contributed by atoms with Crippen LogP contribution in [0.25, 0.3) is 17.0 Å². The zero-order valence-corrected chi connectivity index (χ0v) is 17.0. The van der Waals surface area contributed by atoms with Crippen molar-refractivity contribution in [3.05, 3.63) is 61.1 Å². The van der Waals surface area contributed by atoms with Crippen LogP contribution >= 0.6 is 0 Å². The minimum absolute atomic E-state index is 0.273. The maximum Gasteiger partial charge on any atom is 0.240 e. The normalized spacial score (nSPS) is 15.8. The van der Waals surface area contributed by atoms with Crippen molar-refractivity contribution in [2.75, 3.05) is 11.4 Å². The number of primary amides is 1. The summed E-state index contributed by atoms with van der Waals surface area (Å²) in [6, 6.07) is 7.81. The van der Waals surface area contributed by atoms with Gasteiger partial charge in [-0.15, -0.1) is 0 Å². The Morgan fingerprint density at radius 3 is 2.80 bits per heavy atom. The smallest absolute Gasteiger partial charge is 0.240 e. The molecule has 154 valence electrons. The predicted octanol–water partition coefficient (Wildman–Crippen LogP) is 2.00. The van der Waals surface area contributed by atoms with E-state index in [1.165, 1.54) is 11.1 Å². The van der Waals surface area contributed by atoms with E-state index in [1.807, 2.05) is 22.8 Å². The number of hydrogen-bond donors (Lipinski definition) is 1. The van der Waals surface area contributed by atoms with Gasteiger partial charge in [-0.1, -0.05) is 6.07 Å². The van der Waals surface area contributed by atoms with Gasteiger partial charge in [-0.25, -0.2) is 15.0 Å². The molecular formula is C21H24N8O. The van der Waals surface area contributed by atoms with E-state index in [0.29, 0.717) is 5.95 Å². The van der Waals surface area contributed by atoms with E-state index >= 15 is 0 Å². The molecule has 1 aliphatic rings. The second-order valence-electron chi connectivity index (χ2n) is 7.29. The summed E-state index contributed by atoms with van der Waals surface area (Å²) >= 11 is 0. The minimum Gasteiger partial charge on any atom is -0.368 e. The van der Waals surface area contributed by atoms with Crippen LogP contribution in [0.1, 0.15) is 18.4 Å². The summed E-state index contributed by atoms with van der Waals surface area (Å²) in [6.07, 6.45) is 10.3. The molecule has 1 fully saturated rings. The first-order valence-corrected chi connectivity index (χ1v) is 9.78. The van der Waals surface area contributed by atoms with Gasteiger partial charge >= 0.3 is 0 Å². The lowest BCUT2D eigenvalue weighted by Crippen LogP contribution is -2.40. The highest BCUT2D eigenvalue weighted by atomic mass is 16.1. The quantitative estimate of drug-likeness (QED) is 0.560. The number of aromatic nitrogens is 6. The van der Waals surface area contributed by atoms with E-state index in [2.05, 4.69) is 45.1 Å². The first-order chi connectivity index (χ1) is 14.5. The molecule has 1 aliphatic heterocycles. The first-order valence-electron chi connectivity index (χ1n) is 9.78. The lowest BCUT2D eigenvalue weighted by molar-refractivity contribution is -0.119. The van der Waals surface area contributed by atoms with Crippen molar-refractivity contribution < 1.29 is 4.79 Å². The van der Waals surface area contributed by atoms with Crippen molar-refractivity contribution in [2.45, 2.75) is 25.8 Å². The second kappa shape index (κ2) is 8.32. The third kappa shape index (κ3) is 4.00. The molecule has 0 unspecified atom stereocenters. The summed E-state index contributed by atoms with van der Waals surface area (Å²) in [5.74, 6) is 0.949. The summed E-state index contributed by atoms with van der Waals surface area (Å²) in [4.78, 5) is 30.2. The highest BCUT2D eigenvalue weighted by molar-refractivity contribution is 5.83. The van der Waals surface area contributed by atoms with Crippen LogP contribution in [0, 0.1) is 6.92 Å². The van der Waals surface area contributed by atoms with Gasteiger partial charge in [-0.3, -0.25) is 9.36 Å². The van der Waals surface area contributed by atoms with Crippen LogP contribution < -0.4 is 10.6 Å². The zero-order valence-electron chi connectivity index (χ0n) is 17.0. The molecule has 9 nitrogen and oxygen atoms in total. The van der Waals surface area contributed by atoms with Gasteiger partial charge < -0.3 is 15.2 Å². The summed E-state index contributed by atoms with van der Waals surface area (Å²) in [5, 5.41) is 0. The first kappa shape index (κ1) is 19.6. The monoisotopic (exact) mass is 404 g/mol. The molecular weight excluding hydrogens is 380 g/mol. The molecule has 1 amide bonds. The standard InChI is InChI=1S/C12H14N6O.C9H10N2/c13-11(19)9-2-1-6-18(9)10-3-4-15-12(16-10)17-7-5-14-8-17;1-7-3-4-9-8(5-7)10-6-11(9)2/h3-5,7-9H,1-2,6H2,(H2,13,19);3-6H,1-2H3/t9-;/m1./s1. The Balaban J connectivity index is 0.000000168. The number of aryl methyl sites for hydroxylation is 2. The van der Waals surface area contributed by atoms with E-state index in [4.69, 9.17) is 5.73 Å². The second-order valence-corrected chi connectivity index (χ2v) is 7.29. The molecule has 0 saturated carbocycles. The van der Waals surface area contributed by atoms with Gasteiger partial charge in [0.15, 0.2) is 0 Å². The summed E-state index contributed by atoms with van der Waals surface area (Å²) in [7, 11) is 2.00. The number of carbonyl (C=O) groups excluding carboxylic acids is 1. The number of hydrogen-bond acceptors (Lipinski definition) is 6. The molecule has 4 aromatic rings. The molecule has 0 aliphatic carbocycles. The van der Waals surface area contributed by atoms with E-state index < -0.39 is 0 Å². The average molecular weight is 404 g/mol. The van der Waals surface area contributed by atoms with Crippen LogP contribution in [-0.4, -0.2) is 47.6 Å². The lowest BCUT2D eigenvalue weighted by Gasteiger charge is -2.23. The molecule has 9 heteroatoms. The van der Waals surface area contributed by atoms with Gasteiger partial charge in [0.05, 0.1) is 17.4 Å². The topological polar surface area (TPSA) is 108 Å². The van der Waals surface area contributed by atoms with Crippen molar-refractivity contribution >= 4 is 22.8 Å². The largest absolute Gasteiger partial charge is 0.368 e. The fraction of sp³-hybridized carbons (Fsp3) is 0.286. The molecule has 0 bridgehead atoms. The Bertz CT molecular complexity index is 1150. The van der Waals surface area contributed by atoms with Crippen LogP contribution in [-0.2, 0) is 11.8 Å². The van der Waals surface area contributed by atoms with Gasteiger partial charge in [-0.2, -0.15) is 4.98 Å². The Kier molecular flexibility index (Phi) is 5.42. The Morgan fingerprint density at radius 1 is 1.17 bits per heavy atom. The Morgan fingerprint density at radius 2 is 2.03 bits per heavy atom. The maximum atomic E-state index is 11.4. The molecule has 0 radical (unpaired) electrons. The van der Waals surface area contributed by atoms with Crippen molar-refractivity contribution in [2.24, 2.45) is 12.8 Å². The number of carbonyl (C=O) groups is 1. The fourth-order valence-corrected chi connectivity index (χ4v) is 3.58. The highest BCUT2D eigenvalue weighted by Crippen LogP contribution is 2.23. The molecule has 30 heavy (non-hydrogen) atoms. The minimum atomic E-state index is -0.305. The number of benzene rings is 1. The molecule has 0 spiro atoms. The van der Waals surface area contributed by atoms with Crippen molar-refractivity contribution in [3.63, 3.8) is 0 Å². The average Bonchev–Trinajstić information content (AvgIpc) is 3.50. The Hall–Kier alpha value is -3.75. The SMILES string of the molecule is Cc1ccc2c(c1)ncn2C.NC(=O)[C@H]1CCCN1c1ccnc(-n2ccnc2)n1. The van der Waals surface area contributed by atoms with Gasteiger partial charge in [-0.05, 0) is 43.5 Å². The van der Waals surface area contributed by atoms with E-state index in [0.717, 1.165) is 30.7 Å². The molecule has 5 rings (SSSR count). The van der Waals surface area contributed by atoms with Gasteiger partial charge in [0.1, 0.15) is 18.2 Å². The molecule has 1 aromatic carbocycles. The number of amides is 1. The van der Waals surface area contributed by atoms with Crippen LogP contribution in [0.2, 0.25) is 0 Å². The molecule has 4 heterocycles. The number of anilines is 1. The zero-order chi connectivity index (χ0) is 21.1. The van der Waals surface area contributed by atoms with Crippen molar-refractivity contribution in [1.82, 2.24) is 29.1 Å².